The SMILES string of the molecule is CCCOc1ccc(Br)cc1C(=O)NC(=S)Nc1ccccc1OC(C)C. The number of carbonyl (C=O) groups is 1. The van der Waals surface area contributed by atoms with Gasteiger partial charge in [-0.25, -0.2) is 0 Å². The van der Waals surface area contributed by atoms with Crippen molar-refractivity contribution in [1.29, 1.82) is 0 Å². The summed E-state index contributed by atoms with van der Waals surface area (Å²) in [5.74, 6) is 0.838. The zero-order valence-corrected chi connectivity index (χ0v) is 17.9. The topological polar surface area (TPSA) is 59.6 Å². The van der Waals surface area contributed by atoms with E-state index < -0.39 is 0 Å². The molecule has 0 heterocycles. The molecular weight excluding hydrogens is 428 g/mol. The highest BCUT2D eigenvalue weighted by atomic mass is 79.9. The fraction of sp³-hybridized carbons (Fsp3) is 0.300. The lowest BCUT2D eigenvalue weighted by atomic mass is 10.2. The third kappa shape index (κ3) is 6.52. The smallest absolute Gasteiger partial charge is 0.261 e. The Morgan fingerprint density at radius 1 is 1.19 bits per heavy atom. The number of para-hydroxylation sites is 2. The fourth-order valence-electron chi connectivity index (χ4n) is 2.27. The molecule has 0 saturated heterocycles. The second-order valence-electron chi connectivity index (χ2n) is 6.06. The van der Waals surface area contributed by atoms with Crippen LogP contribution < -0.4 is 20.1 Å². The molecule has 0 aliphatic heterocycles. The van der Waals surface area contributed by atoms with Crippen LogP contribution in [0.1, 0.15) is 37.6 Å². The number of ether oxygens (including phenoxy) is 2. The van der Waals surface area contributed by atoms with Crippen molar-refractivity contribution in [2.75, 3.05) is 11.9 Å². The molecule has 2 aromatic carbocycles. The van der Waals surface area contributed by atoms with Crippen LogP contribution in [0.25, 0.3) is 0 Å². The summed E-state index contributed by atoms with van der Waals surface area (Å²) < 4.78 is 12.2. The minimum absolute atomic E-state index is 0.0241. The van der Waals surface area contributed by atoms with E-state index in [1.807, 2.05) is 51.1 Å². The highest BCUT2D eigenvalue weighted by molar-refractivity contribution is 9.10. The monoisotopic (exact) mass is 450 g/mol. The predicted octanol–water partition coefficient (Wildman–Crippen LogP) is 5.15. The molecule has 7 heteroatoms. The van der Waals surface area contributed by atoms with Gasteiger partial charge in [0, 0.05) is 4.47 Å². The zero-order valence-electron chi connectivity index (χ0n) is 15.5. The number of rotatable bonds is 7. The first-order chi connectivity index (χ1) is 12.9. The van der Waals surface area contributed by atoms with E-state index in [2.05, 4.69) is 26.6 Å². The quantitative estimate of drug-likeness (QED) is 0.570. The lowest BCUT2D eigenvalue weighted by Crippen LogP contribution is -2.34. The van der Waals surface area contributed by atoms with E-state index in [4.69, 9.17) is 21.7 Å². The van der Waals surface area contributed by atoms with Gasteiger partial charge in [0.25, 0.3) is 5.91 Å². The summed E-state index contributed by atoms with van der Waals surface area (Å²) in [6.45, 7) is 6.43. The van der Waals surface area contributed by atoms with Crippen molar-refractivity contribution >= 4 is 44.9 Å². The average Bonchev–Trinajstić information content (AvgIpc) is 2.61. The van der Waals surface area contributed by atoms with Crippen LogP contribution in [0.15, 0.2) is 46.9 Å². The van der Waals surface area contributed by atoms with Crippen LogP contribution in [0.5, 0.6) is 11.5 Å². The Hall–Kier alpha value is -2.12. The van der Waals surface area contributed by atoms with Gasteiger partial charge in [-0.15, -0.1) is 0 Å². The molecule has 5 nitrogen and oxygen atoms in total. The molecule has 0 aliphatic rings. The minimum atomic E-state index is -0.345. The Labute approximate surface area is 173 Å². The van der Waals surface area contributed by atoms with Gasteiger partial charge in [-0.05, 0) is 62.8 Å². The minimum Gasteiger partial charge on any atom is -0.493 e. The first-order valence-corrected chi connectivity index (χ1v) is 9.91. The number of thiocarbonyl (C=S) groups is 1. The maximum absolute atomic E-state index is 12.7. The molecule has 0 spiro atoms. The van der Waals surface area contributed by atoms with Gasteiger partial charge in [-0.1, -0.05) is 35.0 Å². The Balaban J connectivity index is 2.11. The van der Waals surface area contributed by atoms with Crippen LogP contribution in [-0.4, -0.2) is 23.7 Å². The van der Waals surface area contributed by atoms with Crippen molar-refractivity contribution in [3.63, 3.8) is 0 Å². The molecule has 0 aromatic heterocycles. The van der Waals surface area contributed by atoms with Crippen molar-refractivity contribution < 1.29 is 14.3 Å². The second-order valence-corrected chi connectivity index (χ2v) is 7.38. The molecule has 2 N–H and O–H groups in total. The highest BCUT2D eigenvalue weighted by Crippen LogP contribution is 2.26. The first kappa shape index (κ1) is 21.2. The maximum atomic E-state index is 12.7. The summed E-state index contributed by atoms with van der Waals surface area (Å²) in [7, 11) is 0. The van der Waals surface area contributed by atoms with E-state index in [1.54, 1.807) is 12.1 Å². The number of benzene rings is 2. The standard InChI is InChI=1S/C20H23BrN2O3S/c1-4-11-25-17-10-9-14(21)12-15(17)19(24)23-20(27)22-16-7-5-6-8-18(16)26-13(2)3/h5-10,12-13H,4,11H2,1-3H3,(H2,22,23,24,27). The van der Waals surface area contributed by atoms with E-state index in [0.717, 1.165) is 10.9 Å². The highest BCUT2D eigenvalue weighted by Gasteiger charge is 2.15. The molecule has 0 atom stereocenters. The number of hydrogen-bond donors (Lipinski definition) is 2. The Bertz CT molecular complexity index is 812. The summed E-state index contributed by atoms with van der Waals surface area (Å²) in [6, 6.07) is 12.7. The van der Waals surface area contributed by atoms with Gasteiger partial charge in [0.1, 0.15) is 11.5 Å². The summed E-state index contributed by atoms with van der Waals surface area (Å²) >= 11 is 8.68. The van der Waals surface area contributed by atoms with Crippen LogP contribution >= 0.6 is 28.1 Å². The van der Waals surface area contributed by atoms with Gasteiger partial charge in [0.2, 0.25) is 0 Å². The summed E-state index contributed by atoms with van der Waals surface area (Å²) in [5, 5.41) is 5.89. The largest absolute Gasteiger partial charge is 0.493 e. The van der Waals surface area contributed by atoms with E-state index >= 15 is 0 Å². The number of anilines is 1. The third-order valence-corrected chi connectivity index (χ3v) is 4.07. The summed E-state index contributed by atoms with van der Waals surface area (Å²) in [5.41, 5.74) is 1.10. The van der Waals surface area contributed by atoms with Gasteiger partial charge in [-0.3, -0.25) is 10.1 Å². The molecule has 0 aliphatic carbocycles. The number of carbonyl (C=O) groups excluding carboxylic acids is 1. The third-order valence-electron chi connectivity index (χ3n) is 3.37. The predicted molar refractivity (Wildman–Crippen MR) is 116 cm³/mol. The number of halogens is 1. The van der Waals surface area contributed by atoms with Gasteiger partial charge in [0.05, 0.1) is 24.0 Å². The van der Waals surface area contributed by atoms with Gasteiger partial charge in [0.15, 0.2) is 5.11 Å². The maximum Gasteiger partial charge on any atom is 0.261 e. The van der Waals surface area contributed by atoms with E-state index in [0.29, 0.717) is 29.4 Å². The zero-order chi connectivity index (χ0) is 19.8. The Morgan fingerprint density at radius 3 is 2.63 bits per heavy atom. The fourth-order valence-corrected chi connectivity index (χ4v) is 2.83. The molecule has 0 unspecified atom stereocenters. The second kappa shape index (κ2) is 10.3. The molecule has 1 amide bonds. The average molecular weight is 451 g/mol. The molecule has 0 fully saturated rings. The molecule has 144 valence electrons. The Morgan fingerprint density at radius 2 is 1.93 bits per heavy atom. The van der Waals surface area contributed by atoms with Crippen LogP contribution in [0.2, 0.25) is 0 Å². The van der Waals surface area contributed by atoms with Crippen molar-refractivity contribution in [1.82, 2.24) is 5.32 Å². The molecule has 2 aromatic rings. The number of nitrogens with one attached hydrogen (secondary N) is 2. The molecule has 27 heavy (non-hydrogen) atoms. The molecule has 2 rings (SSSR count). The lowest BCUT2D eigenvalue weighted by molar-refractivity contribution is 0.0973. The molecule has 0 saturated carbocycles. The van der Waals surface area contributed by atoms with Crippen molar-refractivity contribution in [2.24, 2.45) is 0 Å². The Kier molecular flexibility index (Phi) is 8.06. The lowest BCUT2D eigenvalue weighted by Gasteiger charge is -2.16. The van der Waals surface area contributed by atoms with E-state index in [9.17, 15) is 4.79 Å². The van der Waals surface area contributed by atoms with Gasteiger partial charge >= 0.3 is 0 Å². The summed E-state index contributed by atoms with van der Waals surface area (Å²) in [6.07, 6.45) is 0.875. The first-order valence-electron chi connectivity index (χ1n) is 8.71. The van der Waals surface area contributed by atoms with Crippen molar-refractivity contribution in [3.8, 4) is 11.5 Å². The van der Waals surface area contributed by atoms with E-state index in [-0.39, 0.29) is 17.1 Å². The van der Waals surface area contributed by atoms with Crippen LogP contribution in [0.3, 0.4) is 0 Å². The van der Waals surface area contributed by atoms with E-state index in [1.165, 1.54) is 0 Å². The van der Waals surface area contributed by atoms with Gasteiger partial charge in [-0.2, -0.15) is 0 Å². The number of hydrogen-bond acceptors (Lipinski definition) is 4. The molecular formula is C20H23BrN2O3S. The molecule has 0 radical (unpaired) electrons. The summed E-state index contributed by atoms with van der Waals surface area (Å²) in [4.78, 5) is 12.7. The van der Waals surface area contributed by atoms with Gasteiger partial charge < -0.3 is 14.8 Å². The van der Waals surface area contributed by atoms with Crippen LogP contribution in [0, 0.1) is 0 Å². The normalized spacial score (nSPS) is 10.4. The number of amides is 1. The van der Waals surface area contributed by atoms with Crippen molar-refractivity contribution in [2.45, 2.75) is 33.3 Å². The molecule has 0 bridgehead atoms. The van der Waals surface area contributed by atoms with Crippen molar-refractivity contribution in [3.05, 3.63) is 52.5 Å². The van der Waals surface area contributed by atoms with Crippen LogP contribution in [-0.2, 0) is 0 Å². The van der Waals surface area contributed by atoms with Crippen LogP contribution in [0.4, 0.5) is 5.69 Å².